The Bertz CT molecular complexity index is 813. The largest absolute Gasteiger partial charge is 0.410 e. The van der Waals surface area contributed by atoms with Crippen LogP contribution in [0.1, 0.15) is 12.0 Å². The highest BCUT2D eigenvalue weighted by molar-refractivity contribution is 6.30. The van der Waals surface area contributed by atoms with Crippen molar-refractivity contribution in [1.29, 1.82) is 0 Å². The number of carbonyl (C=O) groups excluding carboxylic acids is 2. The summed E-state index contributed by atoms with van der Waals surface area (Å²) in [4.78, 5) is 25.7. The summed E-state index contributed by atoms with van der Waals surface area (Å²) >= 11 is 5.74. The first-order valence-corrected chi connectivity index (χ1v) is 8.26. The zero-order valence-corrected chi connectivity index (χ0v) is 14.4. The molecule has 26 heavy (non-hydrogen) atoms. The van der Waals surface area contributed by atoms with Gasteiger partial charge in [-0.25, -0.2) is 9.18 Å². The van der Waals surface area contributed by atoms with Crippen LogP contribution in [0.2, 0.25) is 5.02 Å². The fourth-order valence-corrected chi connectivity index (χ4v) is 2.95. The summed E-state index contributed by atoms with van der Waals surface area (Å²) in [7, 11) is 0. The van der Waals surface area contributed by atoms with Gasteiger partial charge in [0.25, 0.3) is 11.7 Å². The molecule has 2 N–H and O–H groups in total. The van der Waals surface area contributed by atoms with E-state index in [1.165, 1.54) is 17.0 Å². The number of nitrogens with one attached hydrogen (secondary N) is 1. The van der Waals surface area contributed by atoms with E-state index >= 15 is 0 Å². The molecule has 1 aliphatic heterocycles. The highest BCUT2D eigenvalue weighted by atomic mass is 35.5. The first kappa shape index (κ1) is 18.2. The van der Waals surface area contributed by atoms with Crippen LogP contribution in [0.3, 0.4) is 0 Å². The number of ether oxygens (including phenoxy) is 1. The minimum atomic E-state index is -2.24. The number of rotatable bonds is 4. The maximum absolute atomic E-state index is 13.3. The zero-order valence-electron chi connectivity index (χ0n) is 13.6. The van der Waals surface area contributed by atoms with Crippen molar-refractivity contribution in [3.05, 3.63) is 64.9 Å². The Labute approximate surface area is 154 Å². The van der Waals surface area contributed by atoms with E-state index in [0.29, 0.717) is 11.3 Å². The third kappa shape index (κ3) is 3.95. The van der Waals surface area contributed by atoms with Gasteiger partial charge in [0.05, 0.1) is 0 Å². The van der Waals surface area contributed by atoms with Gasteiger partial charge < -0.3 is 20.1 Å². The number of aliphatic hydroxyl groups is 1. The van der Waals surface area contributed by atoms with Crippen LogP contribution in [0.5, 0.6) is 0 Å². The molecule has 0 spiro atoms. The van der Waals surface area contributed by atoms with E-state index in [-0.39, 0.29) is 24.5 Å². The van der Waals surface area contributed by atoms with Crippen molar-refractivity contribution in [2.24, 2.45) is 0 Å². The Balaban J connectivity index is 1.61. The van der Waals surface area contributed by atoms with Crippen molar-refractivity contribution >= 4 is 29.3 Å². The van der Waals surface area contributed by atoms with E-state index in [0.717, 1.165) is 6.07 Å². The standard InChI is InChI=1S/C18H16ClFN2O4/c19-13-8-12(9-14(20)10-13)11-21-17(24)26-18(25)6-7-22(16(18)23)15-4-2-1-3-5-15/h1-5,8-10,25H,6-7,11H2,(H,21,24)/t18-/m0/s1. The molecule has 0 bridgehead atoms. The number of alkyl carbamates (subject to hydrolysis) is 1. The molecule has 1 atom stereocenters. The van der Waals surface area contributed by atoms with Gasteiger partial charge in [-0.1, -0.05) is 29.8 Å². The summed E-state index contributed by atoms with van der Waals surface area (Å²) in [6.07, 6.45) is -1.05. The zero-order chi connectivity index (χ0) is 18.7. The molecular formula is C18H16ClFN2O4. The van der Waals surface area contributed by atoms with Crippen molar-refractivity contribution in [2.45, 2.75) is 18.8 Å². The first-order valence-electron chi connectivity index (χ1n) is 7.88. The fraction of sp³-hybridized carbons (Fsp3) is 0.222. The van der Waals surface area contributed by atoms with Crippen molar-refractivity contribution in [3.63, 3.8) is 0 Å². The molecule has 0 aromatic heterocycles. The van der Waals surface area contributed by atoms with Crippen LogP contribution in [0.25, 0.3) is 0 Å². The van der Waals surface area contributed by atoms with E-state index in [2.05, 4.69) is 5.32 Å². The lowest BCUT2D eigenvalue weighted by atomic mass is 10.2. The topological polar surface area (TPSA) is 78.9 Å². The number of carbonyl (C=O) groups is 2. The molecule has 8 heteroatoms. The maximum atomic E-state index is 13.3. The number of para-hydroxylation sites is 1. The fourth-order valence-electron chi connectivity index (χ4n) is 2.71. The summed E-state index contributed by atoms with van der Waals surface area (Å²) in [5.74, 6) is -3.49. The van der Waals surface area contributed by atoms with Crippen molar-refractivity contribution in [1.82, 2.24) is 5.32 Å². The first-order chi connectivity index (χ1) is 12.4. The van der Waals surface area contributed by atoms with Crippen LogP contribution in [-0.4, -0.2) is 29.4 Å². The smallest absolute Gasteiger partial charge is 0.407 e. The predicted molar refractivity (Wildman–Crippen MR) is 93.1 cm³/mol. The Morgan fingerprint density at radius 3 is 2.73 bits per heavy atom. The van der Waals surface area contributed by atoms with Gasteiger partial charge in [0.1, 0.15) is 5.82 Å². The lowest BCUT2D eigenvalue weighted by Crippen LogP contribution is -2.46. The number of hydrogen-bond donors (Lipinski definition) is 2. The number of halogens is 2. The third-order valence-electron chi connectivity index (χ3n) is 3.94. The summed E-state index contributed by atoms with van der Waals surface area (Å²) < 4.78 is 18.2. The number of hydrogen-bond acceptors (Lipinski definition) is 4. The predicted octanol–water partition coefficient (Wildman–Crippen LogP) is 2.83. The summed E-state index contributed by atoms with van der Waals surface area (Å²) in [5, 5.41) is 12.9. The second kappa shape index (κ2) is 7.31. The maximum Gasteiger partial charge on any atom is 0.410 e. The van der Waals surface area contributed by atoms with Crippen LogP contribution < -0.4 is 10.2 Å². The second-order valence-corrected chi connectivity index (χ2v) is 6.28. The number of nitrogens with zero attached hydrogens (tertiary/aromatic N) is 1. The molecule has 1 aliphatic rings. The molecule has 2 aromatic rings. The third-order valence-corrected chi connectivity index (χ3v) is 4.16. The molecule has 136 valence electrons. The Hall–Kier alpha value is -2.64. The van der Waals surface area contributed by atoms with Crippen LogP contribution >= 0.6 is 11.6 Å². The highest BCUT2D eigenvalue weighted by Crippen LogP contribution is 2.29. The van der Waals surface area contributed by atoms with E-state index in [1.54, 1.807) is 30.3 Å². The summed E-state index contributed by atoms with van der Waals surface area (Å²) in [5.41, 5.74) is 1.02. The molecule has 6 nitrogen and oxygen atoms in total. The Morgan fingerprint density at radius 2 is 2.04 bits per heavy atom. The minimum Gasteiger partial charge on any atom is -0.407 e. The molecule has 0 unspecified atom stereocenters. The summed E-state index contributed by atoms with van der Waals surface area (Å²) in [6.45, 7) is 0.148. The normalized spacial score (nSPS) is 19.5. The van der Waals surface area contributed by atoms with Gasteiger partial charge in [0.2, 0.25) is 0 Å². The number of amides is 2. The van der Waals surface area contributed by atoms with Gasteiger partial charge >= 0.3 is 6.09 Å². The monoisotopic (exact) mass is 378 g/mol. The van der Waals surface area contributed by atoms with Gasteiger partial charge in [-0.15, -0.1) is 0 Å². The molecule has 0 radical (unpaired) electrons. The average molecular weight is 379 g/mol. The molecule has 1 fully saturated rings. The molecule has 0 saturated carbocycles. The van der Waals surface area contributed by atoms with Gasteiger partial charge in [-0.05, 0) is 35.9 Å². The van der Waals surface area contributed by atoms with Crippen LogP contribution in [0.4, 0.5) is 14.9 Å². The molecule has 1 heterocycles. The minimum absolute atomic E-state index is 0.0556. The van der Waals surface area contributed by atoms with E-state index in [9.17, 15) is 19.1 Å². The van der Waals surface area contributed by atoms with Gasteiger partial charge in [-0.2, -0.15) is 0 Å². The van der Waals surface area contributed by atoms with Crippen molar-refractivity contribution in [2.75, 3.05) is 11.4 Å². The lowest BCUT2D eigenvalue weighted by Gasteiger charge is -2.22. The summed E-state index contributed by atoms with van der Waals surface area (Å²) in [6, 6.07) is 12.6. The van der Waals surface area contributed by atoms with E-state index in [1.807, 2.05) is 0 Å². The molecule has 2 amide bonds. The Morgan fingerprint density at radius 1 is 1.31 bits per heavy atom. The molecule has 2 aromatic carbocycles. The SMILES string of the molecule is O=C(NCc1cc(F)cc(Cl)c1)O[C@@]1(O)CCN(c2ccccc2)C1=O. The number of benzene rings is 2. The van der Waals surface area contributed by atoms with Gasteiger partial charge in [0.15, 0.2) is 0 Å². The van der Waals surface area contributed by atoms with Crippen LogP contribution in [0.15, 0.2) is 48.5 Å². The van der Waals surface area contributed by atoms with Crippen molar-refractivity contribution < 1.29 is 23.8 Å². The molecule has 0 aliphatic carbocycles. The van der Waals surface area contributed by atoms with Crippen LogP contribution in [-0.2, 0) is 16.1 Å². The highest BCUT2D eigenvalue weighted by Gasteiger charge is 2.49. The number of anilines is 1. The van der Waals surface area contributed by atoms with Gasteiger partial charge in [-0.3, -0.25) is 4.79 Å². The molecular weight excluding hydrogens is 363 g/mol. The average Bonchev–Trinajstić information content (AvgIpc) is 2.88. The van der Waals surface area contributed by atoms with E-state index in [4.69, 9.17) is 16.3 Å². The lowest BCUT2D eigenvalue weighted by molar-refractivity contribution is -0.175. The molecule has 3 rings (SSSR count). The second-order valence-electron chi connectivity index (χ2n) is 5.85. The Kier molecular flexibility index (Phi) is 5.11. The van der Waals surface area contributed by atoms with E-state index < -0.39 is 23.6 Å². The van der Waals surface area contributed by atoms with Gasteiger partial charge in [0, 0.05) is 30.2 Å². The van der Waals surface area contributed by atoms with Crippen LogP contribution in [0, 0.1) is 5.82 Å². The van der Waals surface area contributed by atoms with Crippen molar-refractivity contribution in [3.8, 4) is 0 Å². The quantitative estimate of drug-likeness (QED) is 0.802. The molecule has 1 saturated heterocycles.